The molecule has 0 spiro atoms. The van der Waals surface area contributed by atoms with Crippen LogP contribution in [0.25, 0.3) is 11.0 Å². The molecule has 30 heavy (non-hydrogen) atoms. The van der Waals surface area contributed by atoms with E-state index in [1.165, 1.54) is 0 Å². The molecule has 0 aliphatic rings. The van der Waals surface area contributed by atoms with Gasteiger partial charge in [-0.25, -0.2) is 0 Å². The van der Waals surface area contributed by atoms with E-state index in [2.05, 4.69) is 5.32 Å². The van der Waals surface area contributed by atoms with E-state index in [0.29, 0.717) is 13.0 Å². The van der Waals surface area contributed by atoms with Crippen molar-refractivity contribution in [1.82, 2.24) is 5.32 Å². The molecule has 2 aromatic carbocycles. The first-order valence-electron chi connectivity index (χ1n) is 9.95. The molecule has 158 valence electrons. The van der Waals surface area contributed by atoms with E-state index in [1.807, 2.05) is 50.2 Å². The highest BCUT2D eigenvalue weighted by Gasteiger charge is 2.19. The standard InChI is InChI=1S/C24H27NO5/c1-15-11-21-19(14-29-22(21)12-16(15)2)13-23(26)30-17(3)24(27)25-10-9-18-5-7-20(28-4)8-6-18/h5-8,11-12,14,17H,9-10,13H2,1-4H3,(H,25,27)/t17-/m1/s1. The Morgan fingerprint density at radius 2 is 1.80 bits per heavy atom. The Bertz CT molecular complexity index is 1040. The smallest absolute Gasteiger partial charge is 0.311 e. The van der Waals surface area contributed by atoms with Gasteiger partial charge in [0.15, 0.2) is 6.10 Å². The third-order valence-electron chi connectivity index (χ3n) is 5.15. The molecule has 0 fully saturated rings. The van der Waals surface area contributed by atoms with Gasteiger partial charge >= 0.3 is 5.97 Å². The minimum Gasteiger partial charge on any atom is -0.497 e. The zero-order valence-electron chi connectivity index (χ0n) is 17.8. The summed E-state index contributed by atoms with van der Waals surface area (Å²) in [6, 6.07) is 11.6. The van der Waals surface area contributed by atoms with Crippen LogP contribution >= 0.6 is 0 Å². The van der Waals surface area contributed by atoms with E-state index < -0.39 is 12.1 Å². The summed E-state index contributed by atoms with van der Waals surface area (Å²) in [5.41, 5.74) is 4.84. The molecule has 0 saturated carbocycles. The minimum atomic E-state index is -0.865. The lowest BCUT2D eigenvalue weighted by Crippen LogP contribution is -2.37. The van der Waals surface area contributed by atoms with Crippen LogP contribution in [-0.2, 0) is 27.2 Å². The molecule has 0 unspecified atom stereocenters. The number of furan rings is 1. The number of rotatable bonds is 8. The van der Waals surface area contributed by atoms with E-state index in [1.54, 1.807) is 20.3 Å². The van der Waals surface area contributed by atoms with Crippen molar-refractivity contribution in [1.29, 1.82) is 0 Å². The molecule has 6 heteroatoms. The fraction of sp³-hybridized carbons (Fsp3) is 0.333. The van der Waals surface area contributed by atoms with Crippen molar-refractivity contribution < 1.29 is 23.5 Å². The van der Waals surface area contributed by atoms with E-state index in [-0.39, 0.29) is 12.3 Å². The van der Waals surface area contributed by atoms with Crippen molar-refractivity contribution in [3.05, 3.63) is 64.9 Å². The topological polar surface area (TPSA) is 77.8 Å². The van der Waals surface area contributed by atoms with Crippen LogP contribution in [-0.4, -0.2) is 31.6 Å². The van der Waals surface area contributed by atoms with Gasteiger partial charge in [0.1, 0.15) is 11.3 Å². The average Bonchev–Trinajstić information content (AvgIpc) is 3.09. The van der Waals surface area contributed by atoms with Gasteiger partial charge in [-0.2, -0.15) is 0 Å². The number of hydrogen-bond acceptors (Lipinski definition) is 5. The maximum absolute atomic E-state index is 12.3. The molecule has 1 atom stereocenters. The number of esters is 1. The molecule has 1 aromatic heterocycles. The van der Waals surface area contributed by atoms with Crippen molar-refractivity contribution in [2.24, 2.45) is 0 Å². The number of carbonyl (C=O) groups is 2. The molecule has 3 aromatic rings. The zero-order chi connectivity index (χ0) is 21.7. The highest BCUT2D eigenvalue weighted by atomic mass is 16.5. The van der Waals surface area contributed by atoms with Crippen molar-refractivity contribution in [3.8, 4) is 5.75 Å². The molecular weight excluding hydrogens is 382 g/mol. The first-order valence-corrected chi connectivity index (χ1v) is 9.95. The van der Waals surface area contributed by atoms with Crippen molar-refractivity contribution in [2.45, 2.75) is 39.7 Å². The Hall–Kier alpha value is -3.28. The van der Waals surface area contributed by atoms with Gasteiger partial charge in [0.2, 0.25) is 0 Å². The highest BCUT2D eigenvalue weighted by Crippen LogP contribution is 2.25. The summed E-state index contributed by atoms with van der Waals surface area (Å²) in [5.74, 6) is 0.00753. The van der Waals surface area contributed by atoms with Crippen LogP contribution < -0.4 is 10.1 Å². The Morgan fingerprint density at radius 3 is 2.50 bits per heavy atom. The second kappa shape index (κ2) is 9.48. The van der Waals surface area contributed by atoms with Gasteiger partial charge in [-0.3, -0.25) is 9.59 Å². The van der Waals surface area contributed by atoms with Crippen LogP contribution in [0.15, 0.2) is 47.1 Å². The van der Waals surface area contributed by atoms with E-state index in [4.69, 9.17) is 13.9 Å². The Labute approximate surface area is 176 Å². The minimum absolute atomic E-state index is 0.0545. The maximum Gasteiger partial charge on any atom is 0.311 e. The molecule has 0 aliphatic carbocycles. The predicted octanol–water partition coefficient (Wildman–Crippen LogP) is 3.89. The molecule has 6 nitrogen and oxygen atoms in total. The number of methoxy groups -OCH3 is 1. The van der Waals surface area contributed by atoms with Crippen molar-refractivity contribution in [3.63, 3.8) is 0 Å². The lowest BCUT2D eigenvalue weighted by molar-refractivity contribution is -0.154. The molecule has 0 saturated heterocycles. The summed E-state index contributed by atoms with van der Waals surface area (Å²) in [4.78, 5) is 24.6. The van der Waals surface area contributed by atoms with E-state index in [9.17, 15) is 9.59 Å². The quantitative estimate of drug-likeness (QED) is 0.571. The average molecular weight is 409 g/mol. The molecule has 1 heterocycles. The number of ether oxygens (including phenoxy) is 2. The maximum atomic E-state index is 12.3. The third-order valence-corrected chi connectivity index (χ3v) is 5.15. The van der Waals surface area contributed by atoms with Crippen LogP contribution in [0.2, 0.25) is 0 Å². The second-order valence-corrected chi connectivity index (χ2v) is 7.39. The summed E-state index contributed by atoms with van der Waals surface area (Å²) < 4.78 is 16.0. The predicted molar refractivity (Wildman–Crippen MR) is 115 cm³/mol. The first-order chi connectivity index (χ1) is 14.4. The number of fused-ring (bicyclic) bond motifs is 1. The normalized spacial score (nSPS) is 11.9. The summed E-state index contributed by atoms with van der Waals surface area (Å²) >= 11 is 0. The molecule has 0 radical (unpaired) electrons. The lowest BCUT2D eigenvalue weighted by atomic mass is 10.0. The number of benzene rings is 2. The summed E-state index contributed by atoms with van der Waals surface area (Å²) in [6.45, 7) is 6.06. The Balaban J connectivity index is 1.48. The number of hydrogen-bond donors (Lipinski definition) is 1. The third kappa shape index (κ3) is 5.20. The van der Waals surface area contributed by atoms with Gasteiger partial charge in [-0.05, 0) is 68.1 Å². The summed E-state index contributed by atoms with van der Waals surface area (Å²) in [6.07, 6.45) is 1.44. The first kappa shape index (κ1) is 21.4. The van der Waals surface area contributed by atoms with Crippen LogP contribution in [0.1, 0.15) is 29.2 Å². The van der Waals surface area contributed by atoms with Crippen LogP contribution in [0, 0.1) is 13.8 Å². The summed E-state index contributed by atoms with van der Waals surface area (Å²) in [7, 11) is 1.62. The van der Waals surface area contributed by atoms with Crippen molar-refractivity contribution in [2.75, 3.05) is 13.7 Å². The van der Waals surface area contributed by atoms with Gasteiger partial charge < -0.3 is 19.2 Å². The van der Waals surface area contributed by atoms with Gasteiger partial charge in [-0.1, -0.05) is 12.1 Å². The second-order valence-electron chi connectivity index (χ2n) is 7.39. The SMILES string of the molecule is COc1ccc(CCNC(=O)[C@@H](C)OC(=O)Cc2coc3cc(C)c(C)cc23)cc1. The van der Waals surface area contributed by atoms with E-state index >= 15 is 0 Å². The number of nitrogens with one attached hydrogen (secondary N) is 1. The molecule has 3 rings (SSSR count). The Kier molecular flexibility index (Phi) is 6.77. The molecule has 1 amide bonds. The fourth-order valence-electron chi connectivity index (χ4n) is 3.19. The molecular formula is C24H27NO5. The fourth-order valence-corrected chi connectivity index (χ4v) is 3.19. The number of amides is 1. The van der Waals surface area contributed by atoms with Crippen molar-refractivity contribution >= 4 is 22.8 Å². The Morgan fingerprint density at radius 1 is 1.10 bits per heavy atom. The van der Waals surface area contributed by atoms with Crippen LogP contribution in [0.5, 0.6) is 5.75 Å². The van der Waals surface area contributed by atoms with Gasteiger partial charge in [0, 0.05) is 17.5 Å². The van der Waals surface area contributed by atoms with E-state index in [0.717, 1.165) is 39.0 Å². The van der Waals surface area contributed by atoms with Gasteiger partial charge in [0.25, 0.3) is 5.91 Å². The van der Waals surface area contributed by atoms with Crippen LogP contribution in [0.3, 0.4) is 0 Å². The number of aryl methyl sites for hydroxylation is 2. The summed E-state index contributed by atoms with van der Waals surface area (Å²) in [5, 5.41) is 3.70. The lowest BCUT2D eigenvalue weighted by Gasteiger charge is -2.13. The zero-order valence-corrected chi connectivity index (χ0v) is 17.8. The highest BCUT2D eigenvalue weighted by molar-refractivity contribution is 5.88. The van der Waals surface area contributed by atoms with Gasteiger partial charge in [-0.15, -0.1) is 0 Å². The monoisotopic (exact) mass is 409 g/mol. The van der Waals surface area contributed by atoms with Gasteiger partial charge in [0.05, 0.1) is 19.8 Å². The number of carbonyl (C=O) groups excluding carboxylic acids is 2. The largest absolute Gasteiger partial charge is 0.497 e. The molecule has 1 N–H and O–H groups in total. The molecule has 0 aliphatic heterocycles. The van der Waals surface area contributed by atoms with Crippen LogP contribution in [0.4, 0.5) is 0 Å². The molecule has 0 bridgehead atoms.